The summed E-state index contributed by atoms with van der Waals surface area (Å²) in [6.07, 6.45) is 3.98. The number of rotatable bonds is 6. The molecule has 3 heterocycles. The summed E-state index contributed by atoms with van der Waals surface area (Å²) in [6, 6.07) is 13.7. The Morgan fingerprint density at radius 2 is 1.96 bits per heavy atom. The average molecular weight is 395 g/mol. The number of ether oxygens (including phenoxy) is 1. The Kier molecular flexibility index (Phi) is 5.09. The summed E-state index contributed by atoms with van der Waals surface area (Å²) in [7, 11) is 0. The van der Waals surface area contributed by atoms with Gasteiger partial charge in [0.15, 0.2) is 0 Å². The highest BCUT2D eigenvalue weighted by Crippen LogP contribution is 2.26. The first-order chi connectivity index (χ1) is 13.5. The third kappa shape index (κ3) is 3.90. The van der Waals surface area contributed by atoms with Crippen molar-refractivity contribution in [1.82, 2.24) is 19.2 Å². The van der Waals surface area contributed by atoms with E-state index in [1.165, 1.54) is 0 Å². The quantitative estimate of drug-likeness (QED) is 0.449. The Morgan fingerprint density at radius 1 is 1.11 bits per heavy atom. The molecule has 0 spiro atoms. The molecule has 1 aromatic carbocycles. The molecule has 6 heteroatoms. The van der Waals surface area contributed by atoms with Gasteiger partial charge in [0.2, 0.25) is 0 Å². The average Bonchev–Trinajstić information content (AvgIpc) is 3.24. The number of imidazole rings is 1. The highest BCUT2D eigenvalue weighted by atomic mass is 35.5. The van der Waals surface area contributed by atoms with Crippen molar-refractivity contribution in [2.45, 2.75) is 27.3 Å². The summed E-state index contributed by atoms with van der Waals surface area (Å²) in [6.45, 7) is 7.57. The Labute approximate surface area is 169 Å². The molecule has 0 unspecified atom stereocenters. The van der Waals surface area contributed by atoms with Crippen molar-refractivity contribution in [2.75, 3.05) is 6.61 Å². The minimum Gasteiger partial charge on any atom is -0.493 e. The molecule has 0 fully saturated rings. The standard InChI is InChI=1S/C22H23ClN4O/c1-15(2)14-28-21-8-7-18(23)11-17(21)12-27-16(3)10-19(25-27)20-13-26-9-5-4-6-22(26)24-20/h4-11,13,15H,12,14H2,1-3H3. The summed E-state index contributed by atoms with van der Waals surface area (Å²) >= 11 is 6.23. The Morgan fingerprint density at radius 3 is 2.75 bits per heavy atom. The molecule has 0 saturated carbocycles. The highest BCUT2D eigenvalue weighted by molar-refractivity contribution is 6.30. The SMILES string of the molecule is Cc1cc(-c2cn3ccccc3n2)nn1Cc1cc(Cl)ccc1OCC(C)C. The van der Waals surface area contributed by atoms with Crippen molar-refractivity contribution in [3.05, 3.63) is 71.1 Å². The molecule has 5 nitrogen and oxygen atoms in total. The summed E-state index contributed by atoms with van der Waals surface area (Å²) in [5, 5.41) is 5.47. The largest absolute Gasteiger partial charge is 0.493 e. The second-order valence-electron chi connectivity index (χ2n) is 7.38. The van der Waals surface area contributed by atoms with Crippen molar-refractivity contribution < 1.29 is 4.74 Å². The third-order valence-electron chi connectivity index (χ3n) is 4.52. The van der Waals surface area contributed by atoms with E-state index in [1.54, 1.807) is 0 Å². The Bertz CT molecular complexity index is 1080. The van der Waals surface area contributed by atoms with E-state index in [9.17, 15) is 0 Å². The maximum atomic E-state index is 6.23. The highest BCUT2D eigenvalue weighted by Gasteiger charge is 2.13. The summed E-state index contributed by atoms with van der Waals surface area (Å²) in [4.78, 5) is 4.67. The molecule has 0 bridgehead atoms. The first kappa shape index (κ1) is 18.6. The smallest absolute Gasteiger partial charge is 0.137 e. The molecule has 3 aromatic heterocycles. The third-order valence-corrected chi connectivity index (χ3v) is 4.76. The maximum Gasteiger partial charge on any atom is 0.137 e. The van der Waals surface area contributed by atoms with Gasteiger partial charge in [-0.2, -0.15) is 5.10 Å². The lowest BCUT2D eigenvalue weighted by Crippen LogP contribution is -2.09. The number of hydrogen-bond acceptors (Lipinski definition) is 3. The van der Waals surface area contributed by atoms with E-state index in [4.69, 9.17) is 21.4 Å². The molecule has 0 amide bonds. The second kappa shape index (κ2) is 7.68. The van der Waals surface area contributed by atoms with Crippen LogP contribution in [0.5, 0.6) is 5.75 Å². The van der Waals surface area contributed by atoms with Crippen LogP contribution in [-0.4, -0.2) is 25.8 Å². The predicted molar refractivity (Wildman–Crippen MR) is 112 cm³/mol. The van der Waals surface area contributed by atoms with E-state index in [1.807, 2.05) is 64.8 Å². The fourth-order valence-electron chi connectivity index (χ4n) is 3.08. The lowest BCUT2D eigenvalue weighted by Gasteiger charge is -2.14. The molecule has 0 radical (unpaired) electrons. The molecule has 0 aliphatic heterocycles. The van der Waals surface area contributed by atoms with Gasteiger partial charge in [-0.15, -0.1) is 0 Å². The second-order valence-corrected chi connectivity index (χ2v) is 7.81. The number of nitrogens with zero attached hydrogens (tertiary/aromatic N) is 4. The van der Waals surface area contributed by atoms with Gasteiger partial charge < -0.3 is 9.14 Å². The summed E-state index contributed by atoms with van der Waals surface area (Å²) < 4.78 is 9.95. The summed E-state index contributed by atoms with van der Waals surface area (Å²) in [5.41, 5.74) is 4.69. The van der Waals surface area contributed by atoms with Crippen LogP contribution < -0.4 is 4.74 Å². The molecule has 0 N–H and O–H groups in total. The van der Waals surface area contributed by atoms with E-state index in [0.29, 0.717) is 24.1 Å². The molecule has 4 aromatic rings. The molecule has 0 atom stereocenters. The molecule has 144 valence electrons. The van der Waals surface area contributed by atoms with Crippen LogP contribution >= 0.6 is 11.6 Å². The van der Waals surface area contributed by atoms with Gasteiger partial charge in [-0.1, -0.05) is 31.5 Å². The topological polar surface area (TPSA) is 44.4 Å². The fraction of sp³-hybridized carbons (Fsp3) is 0.273. The van der Waals surface area contributed by atoms with E-state index in [2.05, 4.69) is 24.9 Å². The van der Waals surface area contributed by atoms with E-state index < -0.39 is 0 Å². The van der Waals surface area contributed by atoms with Gasteiger partial charge in [0.05, 0.1) is 13.2 Å². The number of hydrogen-bond donors (Lipinski definition) is 0. The number of fused-ring (bicyclic) bond motifs is 1. The fourth-order valence-corrected chi connectivity index (χ4v) is 3.28. The molecular formula is C22H23ClN4O. The van der Waals surface area contributed by atoms with Crippen LogP contribution in [-0.2, 0) is 6.54 Å². The maximum absolute atomic E-state index is 6.23. The van der Waals surface area contributed by atoms with Gasteiger partial charge in [-0.05, 0) is 49.2 Å². The van der Waals surface area contributed by atoms with Crippen LogP contribution in [0, 0.1) is 12.8 Å². The Hall–Kier alpha value is -2.79. The van der Waals surface area contributed by atoms with Crippen LogP contribution in [0.3, 0.4) is 0 Å². The van der Waals surface area contributed by atoms with Crippen molar-refractivity contribution in [3.8, 4) is 17.1 Å². The van der Waals surface area contributed by atoms with E-state index in [-0.39, 0.29) is 0 Å². The first-order valence-corrected chi connectivity index (χ1v) is 9.77. The number of benzene rings is 1. The van der Waals surface area contributed by atoms with Gasteiger partial charge in [-0.25, -0.2) is 4.98 Å². The zero-order valence-electron chi connectivity index (χ0n) is 16.3. The Balaban J connectivity index is 1.63. The molecule has 0 aliphatic rings. The minimum absolute atomic E-state index is 0.455. The number of aryl methyl sites for hydroxylation is 1. The van der Waals surface area contributed by atoms with Gasteiger partial charge >= 0.3 is 0 Å². The van der Waals surface area contributed by atoms with Crippen molar-refractivity contribution in [1.29, 1.82) is 0 Å². The van der Waals surface area contributed by atoms with Crippen molar-refractivity contribution >= 4 is 17.2 Å². The summed E-state index contributed by atoms with van der Waals surface area (Å²) in [5.74, 6) is 1.30. The van der Waals surface area contributed by atoms with Crippen LogP contribution in [0.25, 0.3) is 17.0 Å². The minimum atomic E-state index is 0.455. The molecular weight excluding hydrogens is 372 g/mol. The van der Waals surface area contributed by atoms with Crippen LogP contribution in [0.15, 0.2) is 54.9 Å². The van der Waals surface area contributed by atoms with Gasteiger partial charge in [0.25, 0.3) is 0 Å². The van der Waals surface area contributed by atoms with E-state index >= 15 is 0 Å². The molecule has 28 heavy (non-hydrogen) atoms. The number of halogens is 1. The monoisotopic (exact) mass is 394 g/mol. The van der Waals surface area contributed by atoms with Crippen LogP contribution in [0.2, 0.25) is 5.02 Å². The molecule has 0 saturated heterocycles. The van der Waals surface area contributed by atoms with Crippen molar-refractivity contribution in [2.24, 2.45) is 5.92 Å². The van der Waals surface area contributed by atoms with Crippen molar-refractivity contribution in [3.63, 3.8) is 0 Å². The lowest BCUT2D eigenvalue weighted by atomic mass is 10.2. The first-order valence-electron chi connectivity index (χ1n) is 9.39. The zero-order valence-corrected chi connectivity index (χ0v) is 17.0. The number of aromatic nitrogens is 4. The molecule has 0 aliphatic carbocycles. The predicted octanol–water partition coefficient (Wildman–Crippen LogP) is 5.24. The van der Waals surface area contributed by atoms with E-state index in [0.717, 1.165) is 34.0 Å². The van der Waals surface area contributed by atoms with Gasteiger partial charge in [-0.3, -0.25) is 4.68 Å². The number of pyridine rings is 1. The van der Waals surface area contributed by atoms with Crippen LogP contribution in [0.1, 0.15) is 25.1 Å². The zero-order chi connectivity index (χ0) is 19.7. The van der Waals surface area contributed by atoms with Crippen LogP contribution in [0.4, 0.5) is 0 Å². The van der Waals surface area contributed by atoms with Gasteiger partial charge in [0, 0.05) is 28.7 Å². The normalized spacial score (nSPS) is 11.5. The van der Waals surface area contributed by atoms with Gasteiger partial charge in [0.1, 0.15) is 22.8 Å². The molecule has 4 rings (SSSR count). The lowest BCUT2D eigenvalue weighted by molar-refractivity contribution is 0.268.